The van der Waals surface area contributed by atoms with Crippen LogP contribution in [0.2, 0.25) is 0 Å². The number of aryl methyl sites for hydroxylation is 2. The summed E-state index contributed by atoms with van der Waals surface area (Å²) >= 11 is 0. The summed E-state index contributed by atoms with van der Waals surface area (Å²) in [7, 11) is 0. The van der Waals surface area contributed by atoms with Crippen molar-refractivity contribution in [1.82, 2.24) is 5.32 Å². The first-order valence-corrected chi connectivity index (χ1v) is 7.63. The van der Waals surface area contributed by atoms with E-state index in [9.17, 15) is 4.79 Å². The van der Waals surface area contributed by atoms with Crippen molar-refractivity contribution in [2.24, 2.45) is 11.8 Å². The second-order valence-corrected chi connectivity index (χ2v) is 6.21. The molecule has 4 heteroatoms. The molecule has 2 N–H and O–H groups in total. The third kappa shape index (κ3) is 5.68. The van der Waals surface area contributed by atoms with Gasteiger partial charge in [-0.1, -0.05) is 13.0 Å². The normalized spacial score (nSPS) is 19.5. The lowest BCUT2D eigenvalue weighted by molar-refractivity contribution is -0.117. The van der Waals surface area contributed by atoms with E-state index in [1.165, 1.54) is 24.0 Å². The third-order valence-electron chi connectivity index (χ3n) is 4.15. The second-order valence-electron chi connectivity index (χ2n) is 6.21. The first kappa shape index (κ1) is 18.0. The van der Waals surface area contributed by atoms with Crippen molar-refractivity contribution in [1.29, 1.82) is 0 Å². The quantitative estimate of drug-likeness (QED) is 0.890. The van der Waals surface area contributed by atoms with Crippen molar-refractivity contribution >= 4 is 24.0 Å². The van der Waals surface area contributed by atoms with E-state index in [2.05, 4.69) is 37.5 Å². The molecular formula is C17H27ClN2O. The highest BCUT2D eigenvalue weighted by atomic mass is 35.5. The average molecular weight is 311 g/mol. The van der Waals surface area contributed by atoms with E-state index in [0.29, 0.717) is 18.3 Å². The minimum atomic E-state index is 0. The molecule has 2 rings (SSSR count). The van der Waals surface area contributed by atoms with Crippen molar-refractivity contribution in [3.8, 4) is 0 Å². The first-order chi connectivity index (χ1) is 9.54. The summed E-state index contributed by atoms with van der Waals surface area (Å²) in [6.45, 7) is 8.48. The molecule has 0 bridgehead atoms. The van der Waals surface area contributed by atoms with Crippen LogP contribution >= 0.6 is 12.4 Å². The molecule has 3 nitrogen and oxygen atoms in total. The van der Waals surface area contributed by atoms with Gasteiger partial charge in [0.05, 0.1) is 0 Å². The number of halogens is 1. The van der Waals surface area contributed by atoms with Crippen LogP contribution in [0.5, 0.6) is 0 Å². The number of rotatable bonds is 4. The van der Waals surface area contributed by atoms with E-state index < -0.39 is 0 Å². The minimum Gasteiger partial charge on any atom is -0.326 e. The number of piperidine rings is 1. The van der Waals surface area contributed by atoms with Crippen LogP contribution in [0.1, 0.15) is 37.3 Å². The van der Waals surface area contributed by atoms with Crippen LogP contribution in [0.4, 0.5) is 5.69 Å². The lowest BCUT2D eigenvalue weighted by atomic mass is 9.85. The van der Waals surface area contributed by atoms with Gasteiger partial charge in [-0.2, -0.15) is 0 Å². The van der Waals surface area contributed by atoms with Gasteiger partial charge in [-0.05, 0) is 74.9 Å². The van der Waals surface area contributed by atoms with Crippen LogP contribution in [-0.4, -0.2) is 19.0 Å². The molecule has 1 aromatic carbocycles. The Balaban J connectivity index is 0.00000220. The van der Waals surface area contributed by atoms with E-state index in [0.717, 1.165) is 18.8 Å². The van der Waals surface area contributed by atoms with Crippen molar-refractivity contribution in [2.75, 3.05) is 18.4 Å². The summed E-state index contributed by atoms with van der Waals surface area (Å²) in [5, 5.41) is 6.46. The summed E-state index contributed by atoms with van der Waals surface area (Å²) < 4.78 is 0. The largest absolute Gasteiger partial charge is 0.326 e. The molecular weight excluding hydrogens is 284 g/mol. The smallest absolute Gasteiger partial charge is 0.224 e. The number of amides is 1. The van der Waals surface area contributed by atoms with Crippen LogP contribution in [0.15, 0.2) is 18.2 Å². The Hall–Kier alpha value is -1.06. The Morgan fingerprint density at radius 3 is 2.57 bits per heavy atom. The molecule has 0 spiro atoms. The van der Waals surface area contributed by atoms with Gasteiger partial charge in [-0.15, -0.1) is 12.4 Å². The standard InChI is InChI=1S/C17H26N2O.ClH/c1-12-7-13(2)9-16(8-12)19-17(20)10-14(3)15-5-4-6-18-11-15;/h7-9,14-15,18H,4-6,10-11H2,1-3H3,(H,19,20);1H. The van der Waals surface area contributed by atoms with Gasteiger partial charge in [0, 0.05) is 12.1 Å². The molecule has 0 radical (unpaired) electrons. The molecule has 1 amide bonds. The molecule has 2 atom stereocenters. The summed E-state index contributed by atoms with van der Waals surface area (Å²) in [6, 6.07) is 6.17. The summed E-state index contributed by atoms with van der Waals surface area (Å²) in [6.07, 6.45) is 3.08. The topological polar surface area (TPSA) is 41.1 Å². The number of anilines is 1. The molecule has 2 unspecified atom stereocenters. The molecule has 0 aromatic heterocycles. The minimum absolute atomic E-state index is 0. The molecule has 0 aliphatic carbocycles. The van der Waals surface area contributed by atoms with Gasteiger partial charge >= 0.3 is 0 Å². The van der Waals surface area contributed by atoms with Crippen LogP contribution in [0.25, 0.3) is 0 Å². The zero-order valence-corrected chi connectivity index (χ0v) is 14.1. The van der Waals surface area contributed by atoms with Crippen LogP contribution < -0.4 is 10.6 Å². The SMILES string of the molecule is Cc1cc(C)cc(NC(=O)CC(C)C2CCCNC2)c1.Cl. The predicted octanol–water partition coefficient (Wildman–Crippen LogP) is 3.69. The van der Waals surface area contributed by atoms with Gasteiger partial charge in [0.2, 0.25) is 5.91 Å². The van der Waals surface area contributed by atoms with Gasteiger partial charge in [0.15, 0.2) is 0 Å². The molecule has 1 aromatic rings. The highest BCUT2D eigenvalue weighted by molar-refractivity contribution is 5.91. The fourth-order valence-electron chi connectivity index (χ4n) is 3.08. The zero-order valence-electron chi connectivity index (χ0n) is 13.2. The Morgan fingerprint density at radius 1 is 1.33 bits per heavy atom. The van der Waals surface area contributed by atoms with Gasteiger partial charge < -0.3 is 10.6 Å². The summed E-state index contributed by atoms with van der Waals surface area (Å²) in [5.41, 5.74) is 3.29. The van der Waals surface area contributed by atoms with Gasteiger partial charge in [0.1, 0.15) is 0 Å². The highest BCUT2D eigenvalue weighted by Crippen LogP contribution is 2.23. The monoisotopic (exact) mass is 310 g/mol. The highest BCUT2D eigenvalue weighted by Gasteiger charge is 2.22. The molecule has 0 saturated carbocycles. The molecule has 21 heavy (non-hydrogen) atoms. The fraction of sp³-hybridized carbons (Fsp3) is 0.588. The van der Waals surface area contributed by atoms with Crippen molar-refractivity contribution < 1.29 is 4.79 Å². The van der Waals surface area contributed by atoms with Crippen molar-refractivity contribution in [3.05, 3.63) is 29.3 Å². The number of benzene rings is 1. The van der Waals surface area contributed by atoms with Gasteiger partial charge in [-0.3, -0.25) is 4.79 Å². The Labute approximate surface area is 134 Å². The summed E-state index contributed by atoms with van der Waals surface area (Å²) in [4.78, 5) is 12.2. The zero-order chi connectivity index (χ0) is 14.5. The molecule has 118 valence electrons. The maximum Gasteiger partial charge on any atom is 0.224 e. The van der Waals surface area contributed by atoms with Crippen LogP contribution in [-0.2, 0) is 4.79 Å². The average Bonchev–Trinajstić information content (AvgIpc) is 2.38. The molecule has 1 aliphatic heterocycles. The third-order valence-corrected chi connectivity index (χ3v) is 4.15. The number of hydrogen-bond acceptors (Lipinski definition) is 2. The Bertz CT molecular complexity index is 450. The fourth-order valence-corrected chi connectivity index (χ4v) is 3.08. The number of nitrogens with one attached hydrogen (secondary N) is 2. The second kappa shape index (κ2) is 8.40. The maximum absolute atomic E-state index is 12.2. The van der Waals surface area contributed by atoms with Crippen molar-refractivity contribution in [3.63, 3.8) is 0 Å². The lowest BCUT2D eigenvalue weighted by Crippen LogP contribution is -2.34. The van der Waals surface area contributed by atoms with E-state index in [1.54, 1.807) is 0 Å². The van der Waals surface area contributed by atoms with Crippen LogP contribution in [0.3, 0.4) is 0 Å². The Kier molecular flexibility index (Phi) is 7.20. The molecule has 1 aliphatic rings. The number of carbonyl (C=O) groups excluding carboxylic acids is 1. The summed E-state index contributed by atoms with van der Waals surface area (Å²) in [5.74, 6) is 1.20. The van der Waals surface area contributed by atoms with Gasteiger partial charge in [-0.25, -0.2) is 0 Å². The number of carbonyl (C=O) groups is 1. The van der Waals surface area contributed by atoms with E-state index in [-0.39, 0.29) is 18.3 Å². The predicted molar refractivity (Wildman–Crippen MR) is 91.2 cm³/mol. The number of hydrogen-bond donors (Lipinski definition) is 2. The van der Waals surface area contributed by atoms with E-state index in [1.807, 2.05) is 12.1 Å². The maximum atomic E-state index is 12.2. The Morgan fingerprint density at radius 2 is 2.00 bits per heavy atom. The van der Waals surface area contributed by atoms with Gasteiger partial charge in [0.25, 0.3) is 0 Å². The lowest BCUT2D eigenvalue weighted by Gasteiger charge is -2.28. The van der Waals surface area contributed by atoms with E-state index in [4.69, 9.17) is 0 Å². The molecule has 1 saturated heterocycles. The van der Waals surface area contributed by atoms with Crippen molar-refractivity contribution in [2.45, 2.75) is 40.0 Å². The molecule has 1 fully saturated rings. The first-order valence-electron chi connectivity index (χ1n) is 7.63. The molecule has 1 heterocycles. The van der Waals surface area contributed by atoms with E-state index >= 15 is 0 Å². The van der Waals surface area contributed by atoms with Crippen LogP contribution in [0, 0.1) is 25.7 Å².